The molecule has 2 atom stereocenters. The minimum Gasteiger partial charge on any atom is -0.369 e. The van der Waals surface area contributed by atoms with E-state index in [1.807, 2.05) is 0 Å². The monoisotopic (exact) mass is 296 g/mol. The molecule has 108 valence electrons. The molecule has 0 aliphatic carbocycles. The quantitative estimate of drug-likeness (QED) is 0.886. The summed E-state index contributed by atoms with van der Waals surface area (Å²) in [4.78, 5) is 30.2. The highest BCUT2D eigenvalue weighted by Gasteiger charge is 2.29. The predicted octanol–water partition coefficient (Wildman–Crippen LogP) is 1.21. The number of nitrogen functional groups attached to an aromatic ring is 1. The number of nitrogens with zero attached hydrogens (tertiary/aromatic N) is 2. The van der Waals surface area contributed by atoms with Gasteiger partial charge in [-0.1, -0.05) is 24.7 Å². The third-order valence-electron chi connectivity index (χ3n) is 3.48. The largest absolute Gasteiger partial charge is 0.369 e. The van der Waals surface area contributed by atoms with Gasteiger partial charge in [0, 0.05) is 0 Å². The summed E-state index contributed by atoms with van der Waals surface area (Å²) in [6, 6.07) is 0. The zero-order valence-electron chi connectivity index (χ0n) is 11.1. The Bertz CT molecular complexity index is 747. The average molecular weight is 296 g/mol. The first kappa shape index (κ1) is 13.3. The van der Waals surface area contributed by atoms with Crippen molar-refractivity contribution in [2.75, 3.05) is 5.73 Å². The van der Waals surface area contributed by atoms with Gasteiger partial charge in [0.05, 0.1) is 6.10 Å². The van der Waals surface area contributed by atoms with E-state index in [4.69, 9.17) is 10.5 Å². The summed E-state index contributed by atoms with van der Waals surface area (Å²) < 4.78 is 7.65. The van der Waals surface area contributed by atoms with Crippen LogP contribution >= 0.6 is 11.3 Å². The lowest BCUT2D eigenvalue weighted by Crippen LogP contribution is -2.21. The molecule has 1 aliphatic heterocycles. The fourth-order valence-electron chi connectivity index (χ4n) is 2.61. The van der Waals surface area contributed by atoms with Crippen molar-refractivity contribution >= 4 is 27.6 Å². The summed E-state index contributed by atoms with van der Waals surface area (Å²) in [5.41, 5.74) is 5.50. The Kier molecular flexibility index (Phi) is 3.35. The Hall–Kier alpha value is -1.67. The van der Waals surface area contributed by atoms with Gasteiger partial charge in [-0.3, -0.25) is 19.1 Å². The molecular formula is C12H16N4O3S. The van der Waals surface area contributed by atoms with E-state index in [1.165, 1.54) is 4.57 Å². The summed E-state index contributed by atoms with van der Waals surface area (Å²) in [6.45, 7) is 2.10. The zero-order valence-corrected chi connectivity index (χ0v) is 11.9. The number of nitrogens with two attached hydrogens (primary N) is 1. The summed E-state index contributed by atoms with van der Waals surface area (Å²) >= 11 is 0.881. The SMILES string of the molecule is CCC[C@@H]1CCC(n2c(=O)sc3c(=O)[nH]c(N)nc32)O1. The van der Waals surface area contributed by atoms with Gasteiger partial charge >= 0.3 is 4.87 Å². The Morgan fingerprint density at radius 2 is 2.30 bits per heavy atom. The fourth-order valence-corrected chi connectivity index (χ4v) is 3.47. The highest BCUT2D eigenvalue weighted by atomic mass is 32.1. The molecule has 8 heteroatoms. The van der Waals surface area contributed by atoms with Crippen molar-refractivity contribution in [3.63, 3.8) is 0 Å². The standard InChI is InChI=1S/C12H16N4O3S/c1-2-3-6-4-5-7(19-6)16-9-8(20-12(16)18)10(17)15-11(13)14-9/h6-7H,2-5H2,1H3,(H3,13,14,15,17)/t6-,7?/m1/s1. The lowest BCUT2D eigenvalue weighted by Gasteiger charge is -2.14. The van der Waals surface area contributed by atoms with E-state index < -0.39 is 0 Å². The minimum absolute atomic E-state index is 0.0113. The van der Waals surface area contributed by atoms with Crippen molar-refractivity contribution in [1.29, 1.82) is 0 Å². The Morgan fingerprint density at radius 1 is 1.50 bits per heavy atom. The van der Waals surface area contributed by atoms with E-state index in [0.717, 1.165) is 37.0 Å². The van der Waals surface area contributed by atoms with Crippen molar-refractivity contribution < 1.29 is 4.74 Å². The molecule has 1 saturated heterocycles. The second-order valence-corrected chi connectivity index (χ2v) is 5.88. The molecule has 1 unspecified atom stereocenters. The molecule has 3 heterocycles. The highest BCUT2D eigenvalue weighted by molar-refractivity contribution is 7.16. The number of nitrogens with one attached hydrogen (secondary N) is 1. The number of aromatic nitrogens is 3. The maximum atomic E-state index is 12.1. The molecule has 0 bridgehead atoms. The number of hydrogen-bond donors (Lipinski definition) is 2. The average Bonchev–Trinajstić information content (AvgIpc) is 2.94. The number of anilines is 1. The molecule has 3 rings (SSSR count). The van der Waals surface area contributed by atoms with E-state index in [2.05, 4.69) is 16.9 Å². The van der Waals surface area contributed by atoms with E-state index >= 15 is 0 Å². The second kappa shape index (κ2) is 5.02. The van der Waals surface area contributed by atoms with Crippen molar-refractivity contribution in [3.05, 3.63) is 20.0 Å². The van der Waals surface area contributed by atoms with Crippen LogP contribution in [0.25, 0.3) is 10.3 Å². The Labute approximate surface area is 118 Å². The first-order valence-electron chi connectivity index (χ1n) is 6.66. The van der Waals surface area contributed by atoms with Gasteiger partial charge in [-0.25, -0.2) is 0 Å². The van der Waals surface area contributed by atoms with Crippen LogP contribution in [0.5, 0.6) is 0 Å². The third kappa shape index (κ3) is 2.14. The van der Waals surface area contributed by atoms with Crippen LogP contribution in [0.3, 0.4) is 0 Å². The van der Waals surface area contributed by atoms with Crippen LogP contribution in [0.1, 0.15) is 38.8 Å². The molecule has 1 fully saturated rings. The van der Waals surface area contributed by atoms with Crippen LogP contribution in [-0.2, 0) is 4.74 Å². The van der Waals surface area contributed by atoms with Crippen LogP contribution in [0.2, 0.25) is 0 Å². The molecule has 0 aromatic carbocycles. The molecule has 0 radical (unpaired) electrons. The lowest BCUT2D eigenvalue weighted by atomic mass is 10.1. The van der Waals surface area contributed by atoms with Crippen molar-refractivity contribution in [2.24, 2.45) is 0 Å². The van der Waals surface area contributed by atoms with E-state index in [0.29, 0.717) is 10.3 Å². The third-order valence-corrected chi connectivity index (χ3v) is 4.42. The lowest BCUT2D eigenvalue weighted by molar-refractivity contribution is -0.000432. The first-order chi connectivity index (χ1) is 9.60. The van der Waals surface area contributed by atoms with Gasteiger partial charge in [0.25, 0.3) is 5.56 Å². The maximum absolute atomic E-state index is 12.1. The molecule has 3 N–H and O–H groups in total. The van der Waals surface area contributed by atoms with Crippen molar-refractivity contribution in [1.82, 2.24) is 14.5 Å². The topological polar surface area (TPSA) is 103 Å². The molecule has 0 amide bonds. The first-order valence-corrected chi connectivity index (χ1v) is 7.48. The van der Waals surface area contributed by atoms with Gasteiger partial charge in [-0.2, -0.15) is 4.98 Å². The molecule has 7 nitrogen and oxygen atoms in total. The number of aromatic amines is 1. The van der Waals surface area contributed by atoms with Crippen molar-refractivity contribution in [3.8, 4) is 0 Å². The molecule has 1 aliphatic rings. The van der Waals surface area contributed by atoms with E-state index in [1.54, 1.807) is 0 Å². The zero-order chi connectivity index (χ0) is 14.3. The number of fused-ring (bicyclic) bond motifs is 1. The van der Waals surface area contributed by atoms with Crippen LogP contribution < -0.4 is 16.2 Å². The van der Waals surface area contributed by atoms with Crippen LogP contribution in [-0.4, -0.2) is 20.6 Å². The smallest absolute Gasteiger partial charge is 0.311 e. The molecule has 2 aromatic rings. The van der Waals surface area contributed by atoms with Crippen molar-refractivity contribution in [2.45, 2.75) is 44.9 Å². The highest BCUT2D eigenvalue weighted by Crippen LogP contribution is 2.31. The van der Waals surface area contributed by atoms with Gasteiger partial charge < -0.3 is 10.5 Å². The van der Waals surface area contributed by atoms with Gasteiger partial charge in [-0.15, -0.1) is 0 Å². The Morgan fingerprint density at radius 3 is 3.05 bits per heavy atom. The normalized spacial score (nSPS) is 22.6. The second-order valence-electron chi connectivity index (χ2n) is 4.92. The molecule has 20 heavy (non-hydrogen) atoms. The van der Waals surface area contributed by atoms with E-state index in [-0.39, 0.29) is 28.7 Å². The summed E-state index contributed by atoms with van der Waals surface area (Å²) in [5.74, 6) is 0.0113. The summed E-state index contributed by atoms with van der Waals surface area (Å²) in [5, 5.41) is 0. The molecule has 0 spiro atoms. The van der Waals surface area contributed by atoms with Gasteiger partial charge in [0.1, 0.15) is 10.9 Å². The van der Waals surface area contributed by atoms with Gasteiger partial charge in [0.2, 0.25) is 5.95 Å². The van der Waals surface area contributed by atoms with E-state index in [9.17, 15) is 9.59 Å². The molecule has 2 aromatic heterocycles. The molecule has 0 saturated carbocycles. The summed E-state index contributed by atoms with van der Waals surface area (Å²) in [6.07, 6.45) is 3.52. The Balaban J connectivity index is 2.06. The van der Waals surface area contributed by atoms with Crippen LogP contribution in [0.4, 0.5) is 5.95 Å². The number of thiazole rings is 1. The van der Waals surface area contributed by atoms with Crippen LogP contribution in [0.15, 0.2) is 9.59 Å². The van der Waals surface area contributed by atoms with Gasteiger partial charge in [-0.05, 0) is 19.3 Å². The van der Waals surface area contributed by atoms with Crippen LogP contribution in [0, 0.1) is 0 Å². The van der Waals surface area contributed by atoms with Gasteiger partial charge in [0.15, 0.2) is 5.65 Å². The number of H-pyrrole nitrogens is 1. The number of rotatable bonds is 3. The summed E-state index contributed by atoms with van der Waals surface area (Å²) in [7, 11) is 0. The maximum Gasteiger partial charge on any atom is 0.311 e. The predicted molar refractivity (Wildman–Crippen MR) is 77.0 cm³/mol. The number of ether oxygens (including phenoxy) is 1. The minimum atomic E-state index is -0.378. The fraction of sp³-hybridized carbons (Fsp3) is 0.583. The number of hydrogen-bond acceptors (Lipinski definition) is 6. The molecular weight excluding hydrogens is 280 g/mol.